The highest BCUT2D eigenvalue weighted by molar-refractivity contribution is 5.75. The zero-order valence-corrected chi connectivity index (χ0v) is 14.2. The molecule has 2 heterocycles. The molecule has 122 valence electrons. The average molecular weight is 296 g/mol. The molecule has 2 saturated heterocycles. The maximum atomic E-state index is 12.3. The van der Waals surface area contributed by atoms with E-state index in [1.54, 1.807) is 0 Å². The van der Waals surface area contributed by atoms with E-state index in [1.165, 1.54) is 25.9 Å². The minimum atomic E-state index is -0.109. The summed E-state index contributed by atoms with van der Waals surface area (Å²) < 4.78 is 0. The van der Waals surface area contributed by atoms with Crippen LogP contribution in [0.2, 0.25) is 0 Å². The number of nitrogens with one attached hydrogen (secondary N) is 1. The molecule has 2 rings (SSSR count). The fourth-order valence-electron chi connectivity index (χ4n) is 3.11. The molecule has 2 aliphatic rings. The minimum Gasteiger partial charge on any atom is -0.333 e. The van der Waals surface area contributed by atoms with Gasteiger partial charge in [0.1, 0.15) is 0 Å². The first-order valence-corrected chi connectivity index (χ1v) is 8.41. The molecule has 0 saturated carbocycles. The van der Waals surface area contributed by atoms with Crippen LogP contribution >= 0.6 is 0 Å². The summed E-state index contributed by atoms with van der Waals surface area (Å²) in [4.78, 5) is 19.3. The maximum absolute atomic E-state index is 12.3. The first-order chi connectivity index (χ1) is 9.91. The van der Waals surface area contributed by atoms with E-state index >= 15 is 0 Å². The van der Waals surface area contributed by atoms with Gasteiger partial charge in [0.25, 0.3) is 0 Å². The van der Waals surface area contributed by atoms with Crippen molar-refractivity contribution >= 4 is 6.03 Å². The normalized spacial score (nSPS) is 23.3. The summed E-state index contributed by atoms with van der Waals surface area (Å²) in [6, 6.07) is 0.823. The van der Waals surface area contributed by atoms with Crippen LogP contribution in [0.3, 0.4) is 0 Å². The van der Waals surface area contributed by atoms with Crippen molar-refractivity contribution in [2.24, 2.45) is 0 Å². The summed E-state index contributed by atoms with van der Waals surface area (Å²) in [5.74, 6) is 0. The van der Waals surface area contributed by atoms with E-state index in [0.717, 1.165) is 38.6 Å². The molecule has 0 aromatic rings. The van der Waals surface area contributed by atoms with E-state index in [-0.39, 0.29) is 11.6 Å². The fraction of sp³-hybridized carbons (Fsp3) is 0.938. The van der Waals surface area contributed by atoms with Crippen molar-refractivity contribution in [3.8, 4) is 0 Å². The molecule has 0 unspecified atom stereocenters. The van der Waals surface area contributed by atoms with Crippen molar-refractivity contribution < 1.29 is 4.79 Å². The zero-order chi connectivity index (χ0) is 15.5. The fourth-order valence-corrected chi connectivity index (χ4v) is 3.11. The number of carbonyl (C=O) groups is 1. The number of piperazine rings is 1. The number of urea groups is 1. The Bertz CT molecular complexity index is 342. The third kappa shape index (κ3) is 4.58. The zero-order valence-electron chi connectivity index (χ0n) is 14.2. The molecule has 5 heteroatoms. The predicted octanol–water partition coefficient (Wildman–Crippen LogP) is 1.60. The highest BCUT2D eigenvalue weighted by Gasteiger charge is 2.29. The minimum absolute atomic E-state index is 0.102. The lowest BCUT2D eigenvalue weighted by Crippen LogP contribution is -2.58. The summed E-state index contributed by atoms with van der Waals surface area (Å²) in [6.45, 7) is 12.4. The van der Waals surface area contributed by atoms with Gasteiger partial charge in [0.05, 0.1) is 0 Å². The average Bonchev–Trinajstić information content (AvgIpc) is 2.48. The standard InChI is InChI=1S/C16H32N4O/c1-5-16(2,3)17-15(21)20-12-10-19(11-13-20)14-6-8-18(4)9-7-14/h14H,5-13H2,1-4H3,(H,17,21). The van der Waals surface area contributed by atoms with Gasteiger partial charge in [-0.2, -0.15) is 0 Å². The van der Waals surface area contributed by atoms with Crippen molar-refractivity contribution in [1.82, 2.24) is 20.0 Å². The van der Waals surface area contributed by atoms with Gasteiger partial charge in [-0.25, -0.2) is 4.79 Å². The second-order valence-corrected chi connectivity index (χ2v) is 7.23. The summed E-state index contributed by atoms with van der Waals surface area (Å²) in [5, 5.41) is 3.14. The lowest BCUT2D eigenvalue weighted by atomic mass is 10.0. The van der Waals surface area contributed by atoms with Gasteiger partial charge in [0.15, 0.2) is 0 Å². The number of hydrogen-bond acceptors (Lipinski definition) is 3. The Morgan fingerprint density at radius 3 is 2.19 bits per heavy atom. The molecule has 0 aliphatic carbocycles. The van der Waals surface area contributed by atoms with Gasteiger partial charge in [-0.3, -0.25) is 4.90 Å². The van der Waals surface area contributed by atoms with E-state index in [2.05, 4.69) is 42.9 Å². The van der Waals surface area contributed by atoms with Crippen LogP contribution in [0.15, 0.2) is 0 Å². The number of amides is 2. The largest absolute Gasteiger partial charge is 0.333 e. The Morgan fingerprint density at radius 1 is 1.10 bits per heavy atom. The van der Waals surface area contributed by atoms with Crippen molar-refractivity contribution in [2.75, 3.05) is 46.3 Å². The Morgan fingerprint density at radius 2 is 1.67 bits per heavy atom. The Labute approximate surface area is 129 Å². The lowest BCUT2D eigenvalue weighted by Gasteiger charge is -2.42. The molecule has 0 aromatic carbocycles. The maximum Gasteiger partial charge on any atom is 0.317 e. The SMILES string of the molecule is CCC(C)(C)NC(=O)N1CCN(C2CCN(C)CC2)CC1. The number of rotatable bonds is 3. The molecular weight excluding hydrogens is 264 g/mol. The van der Waals surface area contributed by atoms with Gasteiger partial charge in [-0.05, 0) is 53.2 Å². The molecular formula is C16H32N4O. The summed E-state index contributed by atoms with van der Waals surface area (Å²) in [5.41, 5.74) is -0.109. The summed E-state index contributed by atoms with van der Waals surface area (Å²) >= 11 is 0. The number of hydrogen-bond donors (Lipinski definition) is 1. The second-order valence-electron chi connectivity index (χ2n) is 7.23. The van der Waals surface area contributed by atoms with Crippen LogP contribution in [0.1, 0.15) is 40.0 Å². The van der Waals surface area contributed by atoms with Crippen LogP contribution in [0.5, 0.6) is 0 Å². The van der Waals surface area contributed by atoms with Gasteiger partial charge in [0.2, 0.25) is 0 Å². The predicted molar refractivity (Wildman–Crippen MR) is 86.6 cm³/mol. The molecule has 2 fully saturated rings. The Hall–Kier alpha value is -0.810. The Balaban J connectivity index is 1.76. The van der Waals surface area contributed by atoms with E-state index in [0.29, 0.717) is 0 Å². The quantitative estimate of drug-likeness (QED) is 0.860. The van der Waals surface area contributed by atoms with Crippen molar-refractivity contribution in [1.29, 1.82) is 0 Å². The number of likely N-dealkylation sites (tertiary alicyclic amines) is 1. The molecule has 0 radical (unpaired) electrons. The highest BCUT2D eigenvalue weighted by atomic mass is 16.2. The summed E-state index contributed by atoms with van der Waals surface area (Å²) in [6.07, 6.45) is 3.49. The van der Waals surface area contributed by atoms with Crippen LogP contribution in [-0.2, 0) is 0 Å². The number of piperidine rings is 1. The first kappa shape index (κ1) is 16.6. The van der Waals surface area contributed by atoms with Gasteiger partial charge >= 0.3 is 6.03 Å². The van der Waals surface area contributed by atoms with Crippen LogP contribution in [0.25, 0.3) is 0 Å². The first-order valence-electron chi connectivity index (χ1n) is 8.41. The molecule has 21 heavy (non-hydrogen) atoms. The number of nitrogens with zero attached hydrogens (tertiary/aromatic N) is 3. The van der Waals surface area contributed by atoms with Crippen molar-refractivity contribution in [3.63, 3.8) is 0 Å². The van der Waals surface area contributed by atoms with E-state index in [9.17, 15) is 4.79 Å². The molecule has 2 amide bonds. The van der Waals surface area contributed by atoms with Crippen LogP contribution in [-0.4, -0.2) is 78.6 Å². The van der Waals surface area contributed by atoms with Gasteiger partial charge in [-0.1, -0.05) is 6.92 Å². The molecule has 0 spiro atoms. The van der Waals surface area contributed by atoms with Crippen LogP contribution < -0.4 is 5.32 Å². The van der Waals surface area contributed by atoms with Gasteiger partial charge in [-0.15, -0.1) is 0 Å². The molecule has 2 aliphatic heterocycles. The molecule has 0 atom stereocenters. The monoisotopic (exact) mass is 296 g/mol. The molecule has 0 aromatic heterocycles. The van der Waals surface area contributed by atoms with Crippen molar-refractivity contribution in [3.05, 3.63) is 0 Å². The third-order valence-electron chi connectivity index (χ3n) is 5.14. The highest BCUT2D eigenvalue weighted by Crippen LogP contribution is 2.18. The van der Waals surface area contributed by atoms with E-state index in [1.807, 2.05) is 4.90 Å². The number of carbonyl (C=O) groups excluding carboxylic acids is 1. The topological polar surface area (TPSA) is 38.8 Å². The smallest absolute Gasteiger partial charge is 0.317 e. The molecule has 0 bridgehead atoms. The lowest BCUT2D eigenvalue weighted by molar-refractivity contribution is 0.0733. The van der Waals surface area contributed by atoms with Gasteiger partial charge in [0, 0.05) is 37.8 Å². The third-order valence-corrected chi connectivity index (χ3v) is 5.14. The Kier molecular flexibility index (Phi) is 5.49. The molecule has 1 N–H and O–H groups in total. The van der Waals surface area contributed by atoms with E-state index < -0.39 is 0 Å². The molecule has 5 nitrogen and oxygen atoms in total. The van der Waals surface area contributed by atoms with Crippen LogP contribution in [0.4, 0.5) is 4.79 Å². The summed E-state index contributed by atoms with van der Waals surface area (Å²) in [7, 11) is 2.20. The van der Waals surface area contributed by atoms with E-state index in [4.69, 9.17) is 0 Å². The van der Waals surface area contributed by atoms with Crippen molar-refractivity contribution in [2.45, 2.75) is 51.6 Å². The van der Waals surface area contributed by atoms with Gasteiger partial charge < -0.3 is 15.1 Å². The van der Waals surface area contributed by atoms with Crippen LogP contribution in [0, 0.1) is 0 Å². The second kappa shape index (κ2) is 6.97.